The molecule has 0 amide bonds. The predicted octanol–water partition coefficient (Wildman–Crippen LogP) is 1.92. The summed E-state index contributed by atoms with van der Waals surface area (Å²) in [7, 11) is 0. The average molecular weight is 276 g/mol. The molecule has 0 aliphatic rings. The smallest absolute Gasteiger partial charge is 0.343 e. The number of carbonyl (C=O) groups excluding carboxylic acids is 1. The summed E-state index contributed by atoms with van der Waals surface area (Å²) in [6, 6.07) is 2.52. The van der Waals surface area contributed by atoms with Crippen LogP contribution in [0.4, 0.5) is 5.69 Å². The first-order valence-corrected chi connectivity index (χ1v) is 5.93. The van der Waals surface area contributed by atoms with Crippen molar-refractivity contribution >= 4 is 22.6 Å². The van der Waals surface area contributed by atoms with Crippen LogP contribution < -0.4 is 5.43 Å². The topological polar surface area (TPSA) is 102 Å². The number of nitrogens with zero attached hydrogens (tertiary/aromatic N) is 1. The van der Waals surface area contributed by atoms with E-state index in [4.69, 9.17) is 4.74 Å². The number of aromatic amines is 1. The lowest BCUT2D eigenvalue weighted by Crippen LogP contribution is -2.18. The second-order valence-electron chi connectivity index (χ2n) is 4.19. The lowest BCUT2D eigenvalue weighted by molar-refractivity contribution is -0.384. The van der Waals surface area contributed by atoms with E-state index >= 15 is 0 Å². The summed E-state index contributed by atoms with van der Waals surface area (Å²) < 4.78 is 4.77. The Morgan fingerprint density at radius 2 is 2.15 bits per heavy atom. The van der Waals surface area contributed by atoms with Gasteiger partial charge in [-0.3, -0.25) is 14.9 Å². The number of esters is 1. The molecule has 104 valence electrons. The number of aromatic nitrogens is 1. The molecule has 0 unspecified atom stereocenters. The number of hydrogen-bond acceptors (Lipinski definition) is 5. The fourth-order valence-corrected chi connectivity index (χ4v) is 1.96. The molecule has 1 aromatic heterocycles. The van der Waals surface area contributed by atoms with Crippen LogP contribution in [0.25, 0.3) is 10.9 Å². The molecule has 2 rings (SSSR count). The molecule has 0 aliphatic carbocycles. The summed E-state index contributed by atoms with van der Waals surface area (Å²) in [4.78, 5) is 36.9. The zero-order valence-corrected chi connectivity index (χ0v) is 10.9. The number of nitrogens with one attached hydrogen (secondary N) is 1. The number of nitro groups is 1. The Morgan fingerprint density at radius 1 is 1.45 bits per heavy atom. The number of non-ortho nitro benzene ring substituents is 1. The maximum absolute atomic E-state index is 12.2. The molecule has 0 spiro atoms. The van der Waals surface area contributed by atoms with E-state index in [2.05, 4.69) is 4.98 Å². The molecule has 7 heteroatoms. The van der Waals surface area contributed by atoms with E-state index in [0.29, 0.717) is 11.1 Å². The van der Waals surface area contributed by atoms with Crippen LogP contribution in [0.3, 0.4) is 0 Å². The lowest BCUT2D eigenvalue weighted by atomic mass is 10.1. The number of H-pyrrole nitrogens is 1. The Balaban J connectivity index is 2.74. The summed E-state index contributed by atoms with van der Waals surface area (Å²) in [6.07, 6.45) is 1.27. The summed E-state index contributed by atoms with van der Waals surface area (Å²) in [5.41, 5.74) is 0.0834. The molecule has 0 radical (unpaired) electrons. The number of fused-ring (bicyclic) bond motifs is 1. The normalized spacial score (nSPS) is 10.5. The zero-order chi connectivity index (χ0) is 14.9. The van der Waals surface area contributed by atoms with Gasteiger partial charge in [0.25, 0.3) is 5.69 Å². The number of pyridine rings is 1. The molecule has 0 bridgehead atoms. The van der Waals surface area contributed by atoms with Crippen LogP contribution >= 0.6 is 0 Å². The van der Waals surface area contributed by atoms with Crippen LogP contribution in [0, 0.1) is 17.0 Å². The van der Waals surface area contributed by atoms with Crippen molar-refractivity contribution in [2.45, 2.75) is 13.8 Å². The maximum Gasteiger partial charge on any atom is 0.343 e. The summed E-state index contributed by atoms with van der Waals surface area (Å²) in [6.45, 7) is 3.42. The number of aryl methyl sites for hydroxylation is 1. The van der Waals surface area contributed by atoms with Gasteiger partial charge in [0, 0.05) is 18.3 Å². The summed E-state index contributed by atoms with van der Waals surface area (Å²) >= 11 is 0. The highest BCUT2D eigenvalue weighted by Gasteiger charge is 2.17. The molecule has 7 nitrogen and oxygen atoms in total. The van der Waals surface area contributed by atoms with E-state index in [1.54, 1.807) is 13.8 Å². The molecule has 1 N–H and O–H groups in total. The van der Waals surface area contributed by atoms with E-state index in [0.717, 1.165) is 6.07 Å². The Kier molecular flexibility index (Phi) is 3.51. The van der Waals surface area contributed by atoms with Gasteiger partial charge in [-0.25, -0.2) is 4.79 Å². The first-order chi connectivity index (χ1) is 9.45. The second-order valence-corrected chi connectivity index (χ2v) is 4.19. The van der Waals surface area contributed by atoms with E-state index < -0.39 is 16.3 Å². The minimum Gasteiger partial charge on any atom is -0.462 e. The van der Waals surface area contributed by atoms with E-state index in [9.17, 15) is 19.7 Å². The van der Waals surface area contributed by atoms with Crippen LogP contribution in [0.2, 0.25) is 0 Å². The van der Waals surface area contributed by atoms with Gasteiger partial charge < -0.3 is 9.72 Å². The van der Waals surface area contributed by atoms with Crippen LogP contribution in [0.15, 0.2) is 23.1 Å². The molecule has 2 aromatic rings. The van der Waals surface area contributed by atoms with Crippen molar-refractivity contribution in [3.8, 4) is 0 Å². The SMILES string of the molecule is CCOC(=O)c1c[nH]c2c(C)cc([N+](=O)[O-])cc2c1=O. The van der Waals surface area contributed by atoms with Gasteiger partial charge in [0.15, 0.2) is 0 Å². The van der Waals surface area contributed by atoms with Gasteiger partial charge in [-0.2, -0.15) is 0 Å². The van der Waals surface area contributed by atoms with Crippen LogP contribution in [-0.4, -0.2) is 22.5 Å². The van der Waals surface area contributed by atoms with Crippen molar-refractivity contribution in [1.82, 2.24) is 4.98 Å². The fourth-order valence-electron chi connectivity index (χ4n) is 1.96. The van der Waals surface area contributed by atoms with Crippen molar-refractivity contribution in [3.05, 3.63) is 49.8 Å². The number of carbonyl (C=O) groups is 1. The molecule has 0 atom stereocenters. The van der Waals surface area contributed by atoms with Crippen molar-refractivity contribution in [1.29, 1.82) is 0 Å². The first-order valence-electron chi connectivity index (χ1n) is 5.93. The zero-order valence-electron chi connectivity index (χ0n) is 10.9. The highest BCUT2D eigenvalue weighted by atomic mass is 16.6. The molecule has 0 fully saturated rings. The molecular formula is C13H12N2O5. The van der Waals surface area contributed by atoms with E-state index in [1.807, 2.05) is 0 Å². The van der Waals surface area contributed by atoms with Crippen LogP contribution in [0.5, 0.6) is 0 Å². The number of benzene rings is 1. The number of hydrogen-bond donors (Lipinski definition) is 1. The van der Waals surface area contributed by atoms with Crippen molar-refractivity contribution in [2.24, 2.45) is 0 Å². The molecule has 0 saturated carbocycles. The van der Waals surface area contributed by atoms with Gasteiger partial charge in [0.05, 0.1) is 22.4 Å². The first kappa shape index (κ1) is 13.7. The third-order valence-electron chi connectivity index (χ3n) is 2.88. The average Bonchev–Trinajstić information content (AvgIpc) is 2.39. The number of rotatable bonds is 3. The lowest BCUT2D eigenvalue weighted by Gasteiger charge is -2.05. The highest BCUT2D eigenvalue weighted by molar-refractivity contribution is 5.94. The van der Waals surface area contributed by atoms with Crippen LogP contribution in [-0.2, 0) is 4.74 Å². The highest BCUT2D eigenvalue weighted by Crippen LogP contribution is 2.21. The van der Waals surface area contributed by atoms with Gasteiger partial charge in [-0.15, -0.1) is 0 Å². The van der Waals surface area contributed by atoms with E-state index in [1.165, 1.54) is 12.3 Å². The van der Waals surface area contributed by atoms with Gasteiger partial charge in [0.1, 0.15) is 5.56 Å². The standard InChI is InChI=1S/C13H12N2O5/c1-3-20-13(17)10-6-14-11-7(2)4-8(15(18)19)5-9(11)12(10)16/h4-6H,3H2,1-2H3,(H,14,16). The number of ether oxygens (including phenoxy) is 1. The van der Waals surface area contributed by atoms with Gasteiger partial charge in [-0.05, 0) is 19.4 Å². The molecule has 0 aliphatic heterocycles. The number of nitro benzene ring substituents is 1. The Morgan fingerprint density at radius 3 is 2.75 bits per heavy atom. The summed E-state index contributed by atoms with van der Waals surface area (Å²) in [5.74, 6) is -0.750. The summed E-state index contributed by atoms with van der Waals surface area (Å²) in [5, 5.41) is 10.9. The van der Waals surface area contributed by atoms with Gasteiger partial charge in [0.2, 0.25) is 5.43 Å². The fraction of sp³-hybridized carbons (Fsp3) is 0.231. The molecule has 1 aromatic carbocycles. The monoisotopic (exact) mass is 276 g/mol. The van der Waals surface area contributed by atoms with Crippen molar-refractivity contribution < 1.29 is 14.5 Å². The van der Waals surface area contributed by atoms with E-state index in [-0.39, 0.29) is 23.2 Å². The van der Waals surface area contributed by atoms with Gasteiger partial charge >= 0.3 is 5.97 Å². The quantitative estimate of drug-likeness (QED) is 0.524. The predicted molar refractivity (Wildman–Crippen MR) is 71.9 cm³/mol. The Bertz CT molecular complexity index is 763. The second kappa shape index (κ2) is 5.12. The Labute approximate surface area is 113 Å². The molecular weight excluding hydrogens is 264 g/mol. The molecule has 0 saturated heterocycles. The van der Waals surface area contributed by atoms with Crippen molar-refractivity contribution in [3.63, 3.8) is 0 Å². The van der Waals surface area contributed by atoms with Crippen molar-refractivity contribution in [2.75, 3.05) is 6.61 Å². The molecule has 20 heavy (non-hydrogen) atoms. The third kappa shape index (κ3) is 2.25. The molecule has 1 heterocycles. The minimum absolute atomic E-state index is 0.0993. The van der Waals surface area contributed by atoms with Crippen LogP contribution in [0.1, 0.15) is 22.8 Å². The van der Waals surface area contributed by atoms with Gasteiger partial charge in [-0.1, -0.05) is 0 Å². The largest absolute Gasteiger partial charge is 0.462 e. The Hall–Kier alpha value is -2.70. The minimum atomic E-state index is -0.750. The maximum atomic E-state index is 12.2. The third-order valence-corrected chi connectivity index (χ3v) is 2.88.